The summed E-state index contributed by atoms with van der Waals surface area (Å²) in [5.74, 6) is 6.11. The van der Waals surface area contributed by atoms with Gasteiger partial charge in [-0.3, -0.25) is 4.90 Å². The Hall–Kier alpha value is -0.860. The first kappa shape index (κ1) is 15.2. The summed E-state index contributed by atoms with van der Waals surface area (Å²) < 4.78 is 0. The van der Waals surface area contributed by atoms with Crippen molar-refractivity contribution in [3.8, 4) is 11.8 Å². The summed E-state index contributed by atoms with van der Waals surface area (Å²) in [5, 5.41) is 10.8. The summed E-state index contributed by atoms with van der Waals surface area (Å²) in [6.45, 7) is 3.19. The van der Waals surface area contributed by atoms with Crippen LogP contribution in [-0.2, 0) is 6.54 Å². The van der Waals surface area contributed by atoms with E-state index in [0.717, 1.165) is 25.2 Å². The van der Waals surface area contributed by atoms with Crippen molar-refractivity contribution in [1.29, 1.82) is 0 Å². The first-order valence-corrected chi connectivity index (χ1v) is 7.01. The molecule has 3 nitrogen and oxygen atoms in total. The van der Waals surface area contributed by atoms with E-state index in [1.807, 2.05) is 0 Å². The van der Waals surface area contributed by atoms with E-state index in [1.54, 1.807) is 11.3 Å². The molecule has 0 aromatic carbocycles. The van der Waals surface area contributed by atoms with Gasteiger partial charge in [0.15, 0.2) is 0 Å². The lowest BCUT2D eigenvalue weighted by Gasteiger charge is -2.18. The van der Waals surface area contributed by atoms with Gasteiger partial charge < -0.3 is 10.0 Å². The van der Waals surface area contributed by atoms with Gasteiger partial charge in [-0.1, -0.05) is 11.8 Å². The average molecular weight is 266 g/mol. The Morgan fingerprint density at radius 2 is 2.06 bits per heavy atom. The van der Waals surface area contributed by atoms with Gasteiger partial charge in [-0.25, -0.2) is 0 Å². The Kier molecular flexibility index (Phi) is 6.99. The van der Waals surface area contributed by atoms with Gasteiger partial charge >= 0.3 is 0 Å². The van der Waals surface area contributed by atoms with Crippen LogP contribution in [0.1, 0.15) is 16.9 Å². The van der Waals surface area contributed by atoms with Crippen LogP contribution < -0.4 is 0 Å². The average Bonchev–Trinajstić information content (AvgIpc) is 2.74. The lowest BCUT2D eigenvalue weighted by molar-refractivity contribution is 0.278. The molecule has 1 aromatic rings. The molecule has 0 aliphatic carbocycles. The molecule has 0 radical (unpaired) electrons. The van der Waals surface area contributed by atoms with Crippen LogP contribution in [0.4, 0.5) is 0 Å². The van der Waals surface area contributed by atoms with E-state index in [-0.39, 0.29) is 6.61 Å². The molecule has 1 rings (SSSR count). The van der Waals surface area contributed by atoms with E-state index in [0.29, 0.717) is 6.42 Å². The van der Waals surface area contributed by atoms with E-state index in [1.165, 1.54) is 4.88 Å². The highest BCUT2D eigenvalue weighted by atomic mass is 32.1. The molecule has 0 amide bonds. The highest BCUT2D eigenvalue weighted by molar-refractivity contribution is 7.10. The van der Waals surface area contributed by atoms with Gasteiger partial charge in [0.05, 0.1) is 6.61 Å². The lowest BCUT2D eigenvalue weighted by Crippen LogP contribution is -2.28. The van der Waals surface area contributed by atoms with Crippen molar-refractivity contribution >= 4 is 11.3 Å². The molecule has 0 aliphatic heterocycles. The van der Waals surface area contributed by atoms with Crippen molar-refractivity contribution in [2.45, 2.75) is 13.0 Å². The number of aliphatic hydroxyl groups excluding tert-OH is 1. The molecule has 4 heteroatoms. The Balaban J connectivity index is 2.52. The Morgan fingerprint density at radius 3 is 2.72 bits per heavy atom. The predicted molar refractivity (Wildman–Crippen MR) is 77.8 cm³/mol. The normalized spacial score (nSPS) is 10.8. The number of thiophene rings is 1. The molecule has 100 valence electrons. The summed E-state index contributed by atoms with van der Waals surface area (Å²) in [6, 6.07) is 2.06. The number of hydrogen-bond donors (Lipinski definition) is 1. The lowest BCUT2D eigenvalue weighted by atomic mass is 10.2. The van der Waals surface area contributed by atoms with Crippen LogP contribution in [0.25, 0.3) is 0 Å². The Morgan fingerprint density at radius 1 is 1.28 bits per heavy atom. The standard InChI is InChI=1S/C14H22N2OS/c1-15(2)8-9-16(3)12-14-13(7-11-18-14)6-4-5-10-17/h7,11,17H,5,8-10,12H2,1-3H3. The SMILES string of the molecule is CN(C)CCN(C)Cc1sccc1C#CCCO. The van der Waals surface area contributed by atoms with Crippen LogP contribution in [-0.4, -0.2) is 55.7 Å². The quantitative estimate of drug-likeness (QED) is 0.790. The molecule has 0 spiro atoms. The molecule has 0 fully saturated rings. The van der Waals surface area contributed by atoms with Gasteiger partial charge in [-0.2, -0.15) is 0 Å². The third-order valence-electron chi connectivity index (χ3n) is 2.55. The van der Waals surface area contributed by atoms with Crippen molar-refractivity contribution in [2.75, 3.05) is 40.8 Å². The molecule has 0 saturated carbocycles. The van der Waals surface area contributed by atoms with Crippen molar-refractivity contribution in [3.05, 3.63) is 21.9 Å². The number of aliphatic hydroxyl groups is 1. The summed E-state index contributed by atoms with van der Waals surface area (Å²) in [4.78, 5) is 5.80. The smallest absolute Gasteiger partial charge is 0.0540 e. The molecular weight excluding hydrogens is 244 g/mol. The zero-order chi connectivity index (χ0) is 13.4. The van der Waals surface area contributed by atoms with Crippen LogP contribution in [0, 0.1) is 11.8 Å². The monoisotopic (exact) mass is 266 g/mol. The molecule has 0 bridgehead atoms. The second-order valence-electron chi connectivity index (χ2n) is 4.57. The maximum absolute atomic E-state index is 8.72. The fourth-order valence-corrected chi connectivity index (χ4v) is 2.39. The molecule has 1 aromatic heterocycles. The molecule has 0 saturated heterocycles. The fraction of sp³-hybridized carbons (Fsp3) is 0.571. The van der Waals surface area contributed by atoms with Gasteiger partial charge in [-0.15, -0.1) is 11.3 Å². The van der Waals surface area contributed by atoms with E-state index < -0.39 is 0 Å². The third kappa shape index (κ3) is 5.65. The zero-order valence-electron chi connectivity index (χ0n) is 11.4. The van der Waals surface area contributed by atoms with E-state index >= 15 is 0 Å². The first-order chi connectivity index (χ1) is 8.63. The van der Waals surface area contributed by atoms with E-state index in [9.17, 15) is 0 Å². The Labute approximate surface area is 114 Å². The predicted octanol–water partition coefficient (Wildman–Crippen LogP) is 1.48. The second kappa shape index (κ2) is 8.28. The molecule has 18 heavy (non-hydrogen) atoms. The van der Waals surface area contributed by atoms with Gasteiger partial charge in [0.2, 0.25) is 0 Å². The number of nitrogens with zero attached hydrogens (tertiary/aromatic N) is 2. The van der Waals surface area contributed by atoms with Crippen LogP contribution in [0.15, 0.2) is 11.4 Å². The van der Waals surface area contributed by atoms with E-state index in [2.05, 4.69) is 54.2 Å². The molecule has 0 atom stereocenters. The van der Waals surface area contributed by atoms with Gasteiger partial charge in [0, 0.05) is 36.5 Å². The summed E-state index contributed by atoms with van der Waals surface area (Å²) in [6.07, 6.45) is 0.547. The largest absolute Gasteiger partial charge is 0.395 e. The minimum Gasteiger partial charge on any atom is -0.395 e. The molecule has 0 unspecified atom stereocenters. The highest BCUT2D eigenvalue weighted by Gasteiger charge is 2.06. The maximum Gasteiger partial charge on any atom is 0.0540 e. The number of rotatable bonds is 6. The number of hydrogen-bond acceptors (Lipinski definition) is 4. The fourth-order valence-electron chi connectivity index (χ4n) is 1.48. The minimum atomic E-state index is 0.134. The maximum atomic E-state index is 8.72. The van der Waals surface area contributed by atoms with Gasteiger partial charge in [-0.05, 0) is 32.6 Å². The molecule has 1 heterocycles. The molecular formula is C14H22N2OS. The minimum absolute atomic E-state index is 0.134. The molecule has 1 N–H and O–H groups in total. The summed E-state index contributed by atoms with van der Waals surface area (Å²) in [7, 11) is 6.31. The van der Waals surface area contributed by atoms with Crippen LogP contribution in [0.5, 0.6) is 0 Å². The van der Waals surface area contributed by atoms with Crippen molar-refractivity contribution in [2.24, 2.45) is 0 Å². The third-order valence-corrected chi connectivity index (χ3v) is 3.45. The van der Waals surface area contributed by atoms with Crippen LogP contribution in [0.3, 0.4) is 0 Å². The molecule has 0 aliphatic rings. The zero-order valence-corrected chi connectivity index (χ0v) is 12.3. The van der Waals surface area contributed by atoms with Crippen molar-refractivity contribution in [1.82, 2.24) is 9.80 Å². The Bertz CT molecular complexity index is 403. The van der Waals surface area contributed by atoms with Crippen LogP contribution >= 0.6 is 11.3 Å². The first-order valence-electron chi connectivity index (χ1n) is 6.13. The van der Waals surface area contributed by atoms with Crippen molar-refractivity contribution in [3.63, 3.8) is 0 Å². The summed E-state index contributed by atoms with van der Waals surface area (Å²) >= 11 is 1.75. The second-order valence-corrected chi connectivity index (χ2v) is 5.57. The number of likely N-dealkylation sites (N-methyl/N-ethyl adjacent to an activating group) is 2. The van der Waals surface area contributed by atoms with Gasteiger partial charge in [0.25, 0.3) is 0 Å². The van der Waals surface area contributed by atoms with Crippen molar-refractivity contribution < 1.29 is 5.11 Å². The summed E-state index contributed by atoms with van der Waals surface area (Å²) in [5.41, 5.74) is 1.10. The topological polar surface area (TPSA) is 26.7 Å². The van der Waals surface area contributed by atoms with E-state index in [4.69, 9.17) is 5.11 Å². The van der Waals surface area contributed by atoms with Gasteiger partial charge in [0.1, 0.15) is 0 Å². The highest BCUT2D eigenvalue weighted by Crippen LogP contribution is 2.17. The van der Waals surface area contributed by atoms with Crippen LogP contribution in [0.2, 0.25) is 0 Å².